The van der Waals surface area contributed by atoms with Crippen molar-refractivity contribution >= 4 is 17.4 Å². The van der Waals surface area contributed by atoms with Gasteiger partial charge in [0.1, 0.15) is 11.6 Å². The minimum Gasteiger partial charge on any atom is -0.497 e. The minimum absolute atomic E-state index is 0.0242. The normalized spacial score (nSPS) is 19.6. The largest absolute Gasteiger partial charge is 0.497 e. The number of hydrogen-bond acceptors (Lipinski definition) is 5. The number of rotatable bonds is 4. The average Bonchev–Trinajstić information content (AvgIpc) is 3.12. The summed E-state index contributed by atoms with van der Waals surface area (Å²) < 4.78 is 5.31. The maximum Gasteiger partial charge on any atom is 0.231 e. The summed E-state index contributed by atoms with van der Waals surface area (Å²) in [4.78, 5) is 22.0. The third-order valence-electron chi connectivity index (χ3n) is 5.59. The molecule has 0 bridgehead atoms. The molecule has 0 saturated carbocycles. The summed E-state index contributed by atoms with van der Waals surface area (Å²) in [6.45, 7) is 4.06. The van der Waals surface area contributed by atoms with Crippen molar-refractivity contribution in [1.82, 2.24) is 9.88 Å². The molecule has 4 rings (SSSR count). The van der Waals surface area contributed by atoms with Gasteiger partial charge in [0, 0.05) is 26.2 Å². The van der Waals surface area contributed by atoms with Gasteiger partial charge in [0.25, 0.3) is 0 Å². The summed E-state index contributed by atoms with van der Waals surface area (Å²) in [5, 5.41) is 3.03. The van der Waals surface area contributed by atoms with Crippen LogP contribution in [-0.2, 0) is 11.2 Å². The Hall–Kier alpha value is -2.60. The summed E-state index contributed by atoms with van der Waals surface area (Å²) >= 11 is 0. The number of nitrogens with one attached hydrogen (secondary N) is 1. The van der Waals surface area contributed by atoms with Crippen LogP contribution in [-0.4, -0.2) is 56.1 Å². The fourth-order valence-electron chi connectivity index (χ4n) is 3.89. The molecule has 27 heavy (non-hydrogen) atoms. The molecular weight excluding hydrogens is 340 g/mol. The molecule has 1 amide bonds. The molecule has 1 fully saturated rings. The van der Waals surface area contributed by atoms with Crippen molar-refractivity contribution in [2.45, 2.75) is 18.8 Å². The molecule has 1 aliphatic carbocycles. The van der Waals surface area contributed by atoms with Crippen LogP contribution in [0.15, 0.2) is 36.5 Å². The van der Waals surface area contributed by atoms with Crippen LogP contribution in [0.25, 0.3) is 0 Å². The van der Waals surface area contributed by atoms with Crippen molar-refractivity contribution in [1.29, 1.82) is 0 Å². The monoisotopic (exact) mass is 366 g/mol. The molecule has 1 atom stereocenters. The van der Waals surface area contributed by atoms with Crippen molar-refractivity contribution < 1.29 is 9.53 Å². The van der Waals surface area contributed by atoms with E-state index in [1.165, 1.54) is 5.56 Å². The maximum absolute atomic E-state index is 12.8. The SMILES string of the molecule is COc1ccc2c(c1)C(C(=O)Nc1ccc(N3CCN(C)CC3)nc1)CC2. The van der Waals surface area contributed by atoms with Crippen LogP contribution in [0.4, 0.5) is 11.5 Å². The van der Waals surface area contributed by atoms with E-state index in [0.29, 0.717) is 0 Å². The number of fused-ring (bicyclic) bond motifs is 1. The Labute approximate surface area is 160 Å². The van der Waals surface area contributed by atoms with Crippen LogP contribution >= 0.6 is 0 Å². The highest BCUT2D eigenvalue weighted by Gasteiger charge is 2.29. The number of piperazine rings is 1. The molecule has 6 nitrogen and oxygen atoms in total. The van der Waals surface area contributed by atoms with Gasteiger partial charge in [-0.2, -0.15) is 0 Å². The van der Waals surface area contributed by atoms with E-state index in [1.54, 1.807) is 13.3 Å². The van der Waals surface area contributed by atoms with E-state index in [9.17, 15) is 4.79 Å². The van der Waals surface area contributed by atoms with Crippen LogP contribution in [0.5, 0.6) is 5.75 Å². The first-order valence-electron chi connectivity index (χ1n) is 9.51. The molecule has 1 aromatic carbocycles. The number of anilines is 2. The smallest absolute Gasteiger partial charge is 0.231 e. The molecule has 142 valence electrons. The number of hydrogen-bond donors (Lipinski definition) is 1. The lowest BCUT2D eigenvalue weighted by Gasteiger charge is -2.33. The third kappa shape index (κ3) is 3.76. The van der Waals surface area contributed by atoms with E-state index in [-0.39, 0.29) is 11.8 Å². The number of benzene rings is 1. The van der Waals surface area contributed by atoms with Crippen LogP contribution in [0.1, 0.15) is 23.5 Å². The number of methoxy groups -OCH3 is 1. The zero-order valence-corrected chi connectivity index (χ0v) is 15.9. The van der Waals surface area contributed by atoms with Crippen molar-refractivity contribution in [3.63, 3.8) is 0 Å². The van der Waals surface area contributed by atoms with Gasteiger partial charge in [-0.15, -0.1) is 0 Å². The summed E-state index contributed by atoms with van der Waals surface area (Å²) in [5.74, 6) is 1.66. The standard InChI is InChI=1S/C21H26N4O2/c1-24-9-11-25(12-10-24)20-8-5-16(14-22-20)23-21(26)18-7-4-15-3-6-17(27-2)13-19(15)18/h3,5-6,8,13-14,18H,4,7,9-12H2,1-2H3,(H,23,26). The van der Waals surface area contributed by atoms with Gasteiger partial charge in [0.05, 0.1) is 24.9 Å². The van der Waals surface area contributed by atoms with Crippen LogP contribution in [0.3, 0.4) is 0 Å². The fourth-order valence-corrected chi connectivity index (χ4v) is 3.89. The van der Waals surface area contributed by atoms with E-state index in [1.807, 2.05) is 24.3 Å². The second-order valence-corrected chi connectivity index (χ2v) is 7.34. The lowest BCUT2D eigenvalue weighted by molar-refractivity contribution is -0.117. The predicted octanol–water partition coefficient (Wildman–Crippen LogP) is 2.51. The molecule has 2 heterocycles. The van der Waals surface area contributed by atoms with Crippen LogP contribution in [0.2, 0.25) is 0 Å². The molecule has 1 aromatic heterocycles. The highest BCUT2D eigenvalue weighted by Crippen LogP contribution is 2.36. The van der Waals surface area contributed by atoms with Crippen molar-refractivity contribution in [2.24, 2.45) is 0 Å². The molecular formula is C21H26N4O2. The number of carbonyl (C=O) groups is 1. The first kappa shape index (κ1) is 17.8. The van der Waals surface area contributed by atoms with Crippen LogP contribution < -0.4 is 15.0 Å². The molecule has 1 saturated heterocycles. The highest BCUT2D eigenvalue weighted by atomic mass is 16.5. The van der Waals surface area contributed by atoms with Gasteiger partial charge in [-0.1, -0.05) is 6.07 Å². The second-order valence-electron chi connectivity index (χ2n) is 7.34. The number of carbonyl (C=O) groups excluding carboxylic acids is 1. The van der Waals surface area contributed by atoms with Gasteiger partial charge in [-0.3, -0.25) is 4.79 Å². The zero-order valence-electron chi connectivity index (χ0n) is 15.9. The number of likely N-dealkylation sites (N-methyl/N-ethyl adjacent to an activating group) is 1. The Bertz CT molecular complexity index is 813. The Balaban J connectivity index is 1.42. The van der Waals surface area contributed by atoms with E-state index in [4.69, 9.17) is 4.74 Å². The van der Waals surface area contributed by atoms with E-state index in [2.05, 4.69) is 33.2 Å². The molecule has 2 aliphatic rings. The quantitative estimate of drug-likeness (QED) is 0.901. The lowest BCUT2D eigenvalue weighted by Crippen LogP contribution is -2.44. The molecule has 1 aliphatic heterocycles. The number of aromatic nitrogens is 1. The number of amides is 1. The van der Waals surface area contributed by atoms with Gasteiger partial charge < -0.3 is 19.9 Å². The van der Waals surface area contributed by atoms with Crippen molar-refractivity contribution in [3.05, 3.63) is 47.7 Å². The molecule has 1 unspecified atom stereocenters. The molecule has 2 aromatic rings. The maximum atomic E-state index is 12.8. The number of pyridine rings is 1. The third-order valence-corrected chi connectivity index (χ3v) is 5.59. The lowest BCUT2D eigenvalue weighted by atomic mass is 10.00. The first-order chi connectivity index (χ1) is 13.1. The fraction of sp³-hybridized carbons (Fsp3) is 0.429. The summed E-state index contributed by atoms with van der Waals surface area (Å²) in [7, 11) is 3.79. The molecule has 0 spiro atoms. The Morgan fingerprint density at radius 3 is 2.70 bits per heavy atom. The van der Waals surface area contributed by atoms with Gasteiger partial charge in [0.2, 0.25) is 5.91 Å². The van der Waals surface area contributed by atoms with Gasteiger partial charge in [-0.25, -0.2) is 4.98 Å². The number of ether oxygens (including phenoxy) is 1. The van der Waals surface area contributed by atoms with Gasteiger partial charge >= 0.3 is 0 Å². The van der Waals surface area contributed by atoms with E-state index in [0.717, 1.165) is 61.8 Å². The predicted molar refractivity (Wildman–Crippen MR) is 107 cm³/mol. The van der Waals surface area contributed by atoms with E-state index >= 15 is 0 Å². The van der Waals surface area contributed by atoms with E-state index < -0.39 is 0 Å². The average molecular weight is 366 g/mol. The van der Waals surface area contributed by atoms with Crippen molar-refractivity contribution in [3.8, 4) is 5.75 Å². The van der Waals surface area contributed by atoms with Gasteiger partial charge in [0.15, 0.2) is 0 Å². The molecule has 1 N–H and O–H groups in total. The Morgan fingerprint density at radius 2 is 2.00 bits per heavy atom. The number of aryl methyl sites for hydroxylation is 1. The number of nitrogens with zero attached hydrogens (tertiary/aromatic N) is 3. The topological polar surface area (TPSA) is 57.7 Å². The van der Waals surface area contributed by atoms with Gasteiger partial charge in [-0.05, 0) is 55.3 Å². The zero-order chi connectivity index (χ0) is 18.8. The summed E-state index contributed by atoms with van der Waals surface area (Å²) in [5.41, 5.74) is 3.06. The Morgan fingerprint density at radius 1 is 1.19 bits per heavy atom. The summed E-state index contributed by atoms with van der Waals surface area (Å²) in [6.07, 6.45) is 3.52. The molecule has 0 radical (unpaired) electrons. The highest BCUT2D eigenvalue weighted by molar-refractivity contribution is 5.96. The molecule has 6 heteroatoms. The van der Waals surface area contributed by atoms with Crippen LogP contribution in [0, 0.1) is 0 Å². The first-order valence-corrected chi connectivity index (χ1v) is 9.51. The second kappa shape index (κ2) is 7.56. The minimum atomic E-state index is -0.132. The summed E-state index contributed by atoms with van der Waals surface area (Å²) in [6, 6.07) is 9.95. The Kier molecular flexibility index (Phi) is 4.99. The van der Waals surface area contributed by atoms with Crippen molar-refractivity contribution in [2.75, 3.05) is 50.6 Å².